The van der Waals surface area contributed by atoms with Crippen molar-refractivity contribution >= 4 is 17.6 Å². The standard InChI is InChI=1S/C18H23NO5/c20-15-3-1-2-4-16(15)24-12-7-5-11(6-8-12)19-17(21)13-9-10-14(13)18(22)23/h5-8,13-16,20H,1-4,9-10H2,(H,19,21)(H,22,23). The first kappa shape index (κ1) is 16.8. The number of carboxylic acids is 1. The van der Waals surface area contributed by atoms with Crippen LogP contribution in [0.4, 0.5) is 5.69 Å². The summed E-state index contributed by atoms with van der Waals surface area (Å²) in [6, 6.07) is 6.98. The smallest absolute Gasteiger partial charge is 0.307 e. The summed E-state index contributed by atoms with van der Waals surface area (Å²) in [5.74, 6) is -1.51. The van der Waals surface area contributed by atoms with Gasteiger partial charge in [-0.15, -0.1) is 0 Å². The molecule has 1 aromatic rings. The minimum Gasteiger partial charge on any atom is -0.488 e. The van der Waals surface area contributed by atoms with Crippen molar-refractivity contribution in [2.75, 3.05) is 5.32 Å². The van der Waals surface area contributed by atoms with Crippen molar-refractivity contribution in [3.8, 4) is 5.75 Å². The van der Waals surface area contributed by atoms with Gasteiger partial charge in [-0.3, -0.25) is 9.59 Å². The molecular formula is C18H23NO5. The summed E-state index contributed by atoms with van der Waals surface area (Å²) >= 11 is 0. The largest absolute Gasteiger partial charge is 0.488 e. The van der Waals surface area contributed by atoms with E-state index >= 15 is 0 Å². The first-order valence-electron chi connectivity index (χ1n) is 8.53. The topological polar surface area (TPSA) is 95.9 Å². The van der Waals surface area contributed by atoms with Crippen molar-refractivity contribution < 1.29 is 24.5 Å². The van der Waals surface area contributed by atoms with Gasteiger partial charge in [0.2, 0.25) is 5.91 Å². The van der Waals surface area contributed by atoms with Gasteiger partial charge in [0, 0.05) is 5.69 Å². The number of ether oxygens (including phenoxy) is 1. The van der Waals surface area contributed by atoms with Gasteiger partial charge in [0.25, 0.3) is 0 Å². The lowest BCUT2D eigenvalue weighted by Crippen LogP contribution is -2.41. The summed E-state index contributed by atoms with van der Waals surface area (Å²) in [6.45, 7) is 0. The highest BCUT2D eigenvalue weighted by Crippen LogP contribution is 2.35. The van der Waals surface area contributed by atoms with E-state index in [4.69, 9.17) is 9.84 Å². The van der Waals surface area contributed by atoms with E-state index in [1.54, 1.807) is 24.3 Å². The Morgan fingerprint density at radius 1 is 1.00 bits per heavy atom. The van der Waals surface area contributed by atoms with Crippen molar-refractivity contribution in [1.29, 1.82) is 0 Å². The lowest BCUT2D eigenvalue weighted by atomic mass is 9.73. The average Bonchev–Trinajstić information content (AvgIpc) is 2.49. The van der Waals surface area contributed by atoms with Crippen LogP contribution in [0.25, 0.3) is 0 Å². The quantitative estimate of drug-likeness (QED) is 0.769. The number of carboxylic acid groups (broad SMARTS) is 1. The number of carbonyl (C=O) groups excluding carboxylic acids is 1. The Balaban J connectivity index is 1.54. The van der Waals surface area contributed by atoms with Crippen LogP contribution < -0.4 is 10.1 Å². The predicted octanol–water partition coefficient (Wildman–Crippen LogP) is 2.42. The monoisotopic (exact) mass is 333 g/mol. The molecule has 3 N–H and O–H groups in total. The summed E-state index contributed by atoms with van der Waals surface area (Å²) in [5.41, 5.74) is 0.618. The maximum Gasteiger partial charge on any atom is 0.307 e. The van der Waals surface area contributed by atoms with Crippen molar-refractivity contribution in [2.24, 2.45) is 11.8 Å². The fourth-order valence-electron chi connectivity index (χ4n) is 3.35. The second-order valence-corrected chi connectivity index (χ2v) is 6.65. The molecular weight excluding hydrogens is 310 g/mol. The SMILES string of the molecule is O=C(O)C1CCC1C(=O)Nc1ccc(OC2CCCCC2O)cc1. The van der Waals surface area contributed by atoms with Gasteiger partial charge in [0.05, 0.1) is 17.9 Å². The Bertz CT molecular complexity index is 600. The number of aliphatic hydroxyl groups excluding tert-OH is 1. The molecule has 0 aliphatic heterocycles. The molecule has 6 heteroatoms. The average molecular weight is 333 g/mol. The summed E-state index contributed by atoms with van der Waals surface area (Å²) < 4.78 is 5.82. The van der Waals surface area contributed by atoms with E-state index in [1.165, 1.54) is 0 Å². The number of aliphatic hydroxyl groups is 1. The molecule has 2 aliphatic carbocycles. The van der Waals surface area contributed by atoms with Gasteiger partial charge in [0.1, 0.15) is 11.9 Å². The Hall–Kier alpha value is -2.08. The van der Waals surface area contributed by atoms with Gasteiger partial charge in [-0.1, -0.05) is 6.42 Å². The number of anilines is 1. The van der Waals surface area contributed by atoms with Crippen LogP contribution in [-0.4, -0.2) is 34.3 Å². The molecule has 0 heterocycles. The van der Waals surface area contributed by atoms with Crippen LogP contribution in [0.15, 0.2) is 24.3 Å². The molecule has 4 unspecified atom stereocenters. The summed E-state index contributed by atoms with van der Waals surface area (Å²) in [7, 11) is 0. The van der Waals surface area contributed by atoms with Crippen molar-refractivity contribution in [3.63, 3.8) is 0 Å². The molecule has 24 heavy (non-hydrogen) atoms. The Kier molecular flexibility index (Phi) is 5.04. The first-order chi connectivity index (χ1) is 11.5. The van der Waals surface area contributed by atoms with Gasteiger partial charge in [-0.05, 0) is 56.4 Å². The molecule has 0 bridgehead atoms. The number of rotatable bonds is 5. The van der Waals surface area contributed by atoms with Crippen LogP contribution in [0.2, 0.25) is 0 Å². The van der Waals surface area contributed by atoms with Crippen molar-refractivity contribution in [2.45, 2.75) is 50.7 Å². The fraction of sp³-hybridized carbons (Fsp3) is 0.556. The van der Waals surface area contributed by atoms with Gasteiger partial charge >= 0.3 is 5.97 Å². The molecule has 1 amide bonds. The first-order valence-corrected chi connectivity index (χ1v) is 8.53. The Labute approximate surface area is 140 Å². The Morgan fingerprint density at radius 2 is 1.67 bits per heavy atom. The number of aliphatic carboxylic acids is 1. The molecule has 2 saturated carbocycles. The zero-order valence-corrected chi connectivity index (χ0v) is 13.5. The van der Waals surface area contributed by atoms with Crippen LogP contribution in [0, 0.1) is 11.8 Å². The van der Waals surface area contributed by atoms with Crippen molar-refractivity contribution in [3.05, 3.63) is 24.3 Å². The molecule has 0 saturated heterocycles. The summed E-state index contributed by atoms with van der Waals surface area (Å²) in [5, 5.41) is 21.7. The maximum absolute atomic E-state index is 12.1. The molecule has 4 atom stereocenters. The molecule has 3 rings (SSSR count). The molecule has 0 radical (unpaired) electrons. The normalized spacial score (nSPS) is 29.4. The van der Waals surface area contributed by atoms with E-state index in [1.807, 2.05) is 0 Å². The number of benzene rings is 1. The fourth-order valence-corrected chi connectivity index (χ4v) is 3.35. The number of amides is 1. The van der Waals surface area contributed by atoms with Crippen LogP contribution in [-0.2, 0) is 9.59 Å². The van der Waals surface area contributed by atoms with Gasteiger partial charge in [-0.25, -0.2) is 0 Å². The van der Waals surface area contributed by atoms with Crippen LogP contribution >= 0.6 is 0 Å². The number of carbonyl (C=O) groups is 2. The molecule has 0 spiro atoms. The maximum atomic E-state index is 12.1. The van der Waals surface area contributed by atoms with Gasteiger partial charge < -0.3 is 20.3 Å². The van der Waals surface area contributed by atoms with Gasteiger partial charge in [0.15, 0.2) is 0 Å². The lowest BCUT2D eigenvalue weighted by Gasteiger charge is -2.32. The number of hydrogen-bond acceptors (Lipinski definition) is 4. The third kappa shape index (κ3) is 3.70. The molecule has 2 aliphatic rings. The zero-order chi connectivity index (χ0) is 17.1. The highest BCUT2D eigenvalue weighted by atomic mass is 16.5. The Morgan fingerprint density at radius 3 is 2.25 bits per heavy atom. The van der Waals surface area contributed by atoms with E-state index in [0.717, 1.165) is 25.7 Å². The van der Waals surface area contributed by atoms with Gasteiger partial charge in [-0.2, -0.15) is 0 Å². The number of nitrogens with one attached hydrogen (secondary N) is 1. The third-order valence-corrected chi connectivity index (χ3v) is 5.01. The van der Waals surface area contributed by atoms with E-state index in [2.05, 4.69) is 5.32 Å². The van der Waals surface area contributed by atoms with E-state index in [-0.39, 0.29) is 12.0 Å². The molecule has 1 aromatic carbocycles. The summed E-state index contributed by atoms with van der Waals surface area (Å²) in [4.78, 5) is 23.1. The van der Waals surface area contributed by atoms with Crippen LogP contribution in [0.5, 0.6) is 5.75 Å². The molecule has 130 valence electrons. The lowest BCUT2D eigenvalue weighted by molar-refractivity contribution is -0.151. The van der Waals surface area contributed by atoms with Crippen molar-refractivity contribution in [1.82, 2.24) is 0 Å². The summed E-state index contributed by atoms with van der Waals surface area (Å²) in [6.07, 6.45) is 4.28. The highest BCUT2D eigenvalue weighted by Gasteiger charge is 2.41. The van der Waals surface area contributed by atoms with Crippen LogP contribution in [0.1, 0.15) is 38.5 Å². The molecule has 6 nitrogen and oxygen atoms in total. The second-order valence-electron chi connectivity index (χ2n) is 6.65. The van der Waals surface area contributed by atoms with Crippen LogP contribution in [0.3, 0.4) is 0 Å². The minimum absolute atomic E-state index is 0.175. The third-order valence-electron chi connectivity index (χ3n) is 5.01. The predicted molar refractivity (Wildman–Crippen MR) is 87.8 cm³/mol. The second kappa shape index (κ2) is 7.21. The number of hydrogen-bond donors (Lipinski definition) is 3. The minimum atomic E-state index is -0.906. The van der Waals surface area contributed by atoms with E-state index in [9.17, 15) is 14.7 Å². The molecule has 0 aromatic heterocycles. The highest BCUT2D eigenvalue weighted by molar-refractivity contribution is 5.96. The molecule has 2 fully saturated rings. The van der Waals surface area contributed by atoms with E-state index < -0.39 is 23.9 Å². The zero-order valence-electron chi connectivity index (χ0n) is 13.5. The van der Waals surface area contributed by atoms with E-state index in [0.29, 0.717) is 24.3 Å².